The molecule has 0 saturated heterocycles. The molecule has 2 N–H and O–H groups in total. The van der Waals surface area contributed by atoms with E-state index in [0.717, 1.165) is 4.47 Å². The Morgan fingerprint density at radius 1 is 1.14 bits per heavy atom. The van der Waals surface area contributed by atoms with Gasteiger partial charge in [0.1, 0.15) is 0 Å². The summed E-state index contributed by atoms with van der Waals surface area (Å²) in [5.74, 6) is 0. The number of rotatable bonds is 4. The number of sulfonamides is 1. The summed E-state index contributed by atoms with van der Waals surface area (Å²) in [6, 6.07) is 9.28. The SMILES string of the molecule is O=S(=O)(Nc1ccc(Br)cc1Br)c1ccc(CO)c(Cl)c1. The van der Waals surface area contributed by atoms with Gasteiger partial charge in [-0.2, -0.15) is 0 Å². The molecule has 0 aromatic heterocycles. The van der Waals surface area contributed by atoms with Gasteiger partial charge in [-0.15, -0.1) is 0 Å². The van der Waals surface area contributed by atoms with Crippen LogP contribution in [0.5, 0.6) is 0 Å². The molecular weight excluding hydrogens is 445 g/mol. The zero-order valence-corrected chi connectivity index (χ0v) is 15.2. The number of anilines is 1. The molecule has 0 heterocycles. The van der Waals surface area contributed by atoms with E-state index in [1.807, 2.05) is 0 Å². The molecule has 0 aliphatic carbocycles. The molecule has 0 radical (unpaired) electrons. The molecule has 0 atom stereocenters. The third-order valence-corrected chi connectivity index (χ3v) is 5.54. The van der Waals surface area contributed by atoms with Crippen LogP contribution >= 0.6 is 43.5 Å². The Bertz CT molecular complexity index is 781. The van der Waals surface area contributed by atoms with Gasteiger partial charge in [0.2, 0.25) is 0 Å². The first-order valence-corrected chi connectivity index (χ1v) is 9.15. The van der Waals surface area contributed by atoms with Gasteiger partial charge in [0.15, 0.2) is 0 Å². The Morgan fingerprint density at radius 2 is 1.86 bits per heavy atom. The third kappa shape index (κ3) is 3.98. The maximum absolute atomic E-state index is 12.3. The fraction of sp³-hybridized carbons (Fsp3) is 0.0769. The van der Waals surface area contributed by atoms with Crippen LogP contribution < -0.4 is 4.72 Å². The lowest BCUT2D eigenvalue weighted by Gasteiger charge is -2.11. The molecule has 0 saturated carbocycles. The summed E-state index contributed by atoms with van der Waals surface area (Å²) in [6.45, 7) is -0.245. The van der Waals surface area contributed by atoms with E-state index in [9.17, 15) is 8.42 Å². The highest BCUT2D eigenvalue weighted by molar-refractivity contribution is 9.11. The monoisotopic (exact) mass is 453 g/mol. The summed E-state index contributed by atoms with van der Waals surface area (Å²) in [6.07, 6.45) is 0. The van der Waals surface area contributed by atoms with Crippen molar-refractivity contribution in [3.8, 4) is 0 Å². The minimum absolute atomic E-state index is 0.0273. The highest BCUT2D eigenvalue weighted by Gasteiger charge is 2.17. The van der Waals surface area contributed by atoms with Gasteiger partial charge in [-0.1, -0.05) is 33.6 Å². The Balaban J connectivity index is 2.36. The molecule has 2 aromatic carbocycles. The Kier molecular flexibility index (Phi) is 5.32. The van der Waals surface area contributed by atoms with E-state index in [4.69, 9.17) is 16.7 Å². The Morgan fingerprint density at radius 3 is 2.43 bits per heavy atom. The zero-order valence-electron chi connectivity index (χ0n) is 10.5. The van der Waals surface area contributed by atoms with Gasteiger partial charge in [-0.25, -0.2) is 8.42 Å². The van der Waals surface area contributed by atoms with Crippen LogP contribution in [0.15, 0.2) is 50.2 Å². The highest BCUT2D eigenvalue weighted by atomic mass is 79.9. The van der Waals surface area contributed by atoms with Crippen molar-refractivity contribution in [3.05, 3.63) is 55.9 Å². The van der Waals surface area contributed by atoms with Gasteiger partial charge in [0.05, 0.1) is 17.2 Å². The predicted molar refractivity (Wildman–Crippen MR) is 90.0 cm³/mol. The number of hydrogen-bond acceptors (Lipinski definition) is 3. The van der Waals surface area contributed by atoms with Crippen molar-refractivity contribution in [2.45, 2.75) is 11.5 Å². The van der Waals surface area contributed by atoms with Gasteiger partial charge in [0, 0.05) is 14.0 Å². The fourth-order valence-corrected chi connectivity index (χ4v) is 4.29. The topological polar surface area (TPSA) is 66.4 Å². The number of halogens is 3. The lowest BCUT2D eigenvalue weighted by atomic mass is 10.2. The maximum atomic E-state index is 12.3. The normalized spacial score (nSPS) is 11.4. The molecule has 0 aliphatic rings. The third-order valence-electron chi connectivity index (χ3n) is 2.68. The summed E-state index contributed by atoms with van der Waals surface area (Å²) in [4.78, 5) is 0.0273. The number of benzene rings is 2. The molecule has 2 aromatic rings. The summed E-state index contributed by atoms with van der Waals surface area (Å²) in [5.41, 5.74) is 0.890. The average molecular weight is 456 g/mol. The molecule has 0 unspecified atom stereocenters. The van der Waals surface area contributed by atoms with E-state index < -0.39 is 10.0 Å². The molecule has 112 valence electrons. The van der Waals surface area contributed by atoms with Gasteiger partial charge in [-0.3, -0.25) is 4.72 Å². The second-order valence-electron chi connectivity index (χ2n) is 4.14. The lowest BCUT2D eigenvalue weighted by molar-refractivity contribution is 0.282. The van der Waals surface area contributed by atoms with Crippen LogP contribution in [0.25, 0.3) is 0 Å². The average Bonchev–Trinajstić information content (AvgIpc) is 2.42. The second kappa shape index (κ2) is 6.66. The first-order valence-electron chi connectivity index (χ1n) is 5.70. The van der Waals surface area contributed by atoms with Gasteiger partial charge in [0.25, 0.3) is 10.0 Å². The molecule has 21 heavy (non-hydrogen) atoms. The summed E-state index contributed by atoms with van der Waals surface area (Å²) in [5, 5.41) is 9.25. The van der Waals surface area contributed by atoms with Crippen LogP contribution in [0.4, 0.5) is 5.69 Å². The van der Waals surface area contributed by atoms with Crippen molar-refractivity contribution >= 4 is 59.2 Å². The van der Waals surface area contributed by atoms with Crippen LogP contribution in [0.1, 0.15) is 5.56 Å². The van der Waals surface area contributed by atoms with E-state index in [2.05, 4.69) is 36.6 Å². The minimum atomic E-state index is -3.76. The van der Waals surface area contributed by atoms with Gasteiger partial charge < -0.3 is 5.11 Å². The molecule has 2 rings (SSSR count). The molecule has 4 nitrogen and oxygen atoms in total. The standard InChI is InChI=1S/C13H10Br2ClNO3S/c14-9-2-4-13(11(15)5-9)17-21(19,20)10-3-1-8(7-18)12(16)6-10/h1-6,17-18H,7H2. The van der Waals surface area contributed by atoms with E-state index >= 15 is 0 Å². The molecule has 8 heteroatoms. The molecule has 0 bridgehead atoms. The summed E-state index contributed by atoms with van der Waals surface area (Å²) in [7, 11) is -3.76. The first-order chi connectivity index (χ1) is 9.83. The summed E-state index contributed by atoms with van der Waals surface area (Å²) < 4.78 is 28.6. The van der Waals surface area contributed by atoms with Crippen LogP contribution in [-0.4, -0.2) is 13.5 Å². The highest BCUT2D eigenvalue weighted by Crippen LogP contribution is 2.29. The maximum Gasteiger partial charge on any atom is 0.261 e. The fourth-order valence-electron chi connectivity index (χ4n) is 1.60. The first kappa shape index (κ1) is 16.8. The molecule has 0 amide bonds. The van der Waals surface area contributed by atoms with Gasteiger partial charge >= 0.3 is 0 Å². The number of nitrogens with one attached hydrogen (secondary N) is 1. The van der Waals surface area contributed by atoms with Crippen molar-refractivity contribution in [3.63, 3.8) is 0 Å². The van der Waals surface area contributed by atoms with E-state index in [0.29, 0.717) is 15.7 Å². The van der Waals surface area contributed by atoms with Crippen molar-refractivity contribution < 1.29 is 13.5 Å². The molecule has 0 spiro atoms. The van der Waals surface area contributed by atoms with E-state index in [-0.39, 0.29) is 16.5 Å². The number of aliphatic hydroxyl groups excluding tert-OH is 1. The second-order valence-corrected chi connectivity index (χ2v) is 8.00. The Hall–Kier alpha value is -0.600. The van der Waals surface area contributed by atoms with Crippen molar-refractivity contribution in [1.82, 2.24) is 0 Å². The molecule has 0 fully saturated rings. The number of aliphatic hydroxyl groups is 1. The van der Waals surface area contributed by atoms with Crippen molar-refractivity contribution in [2.24, 2.45) is 0 Å². The zero-order chi connectivity index (χ0) is 15.6. The Labute approximate surface area is 144 Å². The quantitative estimate of drug-likeness (QED) is 0.728. The van der Waals surface area contributed by atoms with Crippen LogP contribution in [0, 0.1) is 0 Å². The van der Waals surface area contributed by atoms with Crippen LogP contribution in [0.3, 0.4) is 0 Å². The lowest BCUT2D eigenvalue weighted by Crippen LogP contribution is -2.13. The smallest absolute Gasteiger partial charge is 0.261 e. The summed E-state index contributed by atoms with van der Waals surface area (Å²) >= 11 is 12.5. The van der Waals surface area contributed by atoms with E-state index in [1.54, 1.807) is 18.2 Å². The van der Waals surface area contributed by atoms with Crippen LogP contribution in [0.2, 0.25) is 5.02 Å². The molecule has 0 aliphatic heterocycles. The van der Waals surface area contributed by atoms with E-state index in [1.165, 1.54) is 18.2 Å². The van der Waals surface area contributed by atoms with Crippen molar-refractivity contribution in [1.29, 1.82) is 0 Å². The number of hydrogen-bond donors (Lipinski definition) is 2. The minimum Gasteiger partial charge on any atom is -0.392 e. The predicted octanol–water partition coefficient (Wildman–Crippen LogP) is 4.16. The van der Waals surface area contributed by atoms with Crippen molar-refractivity contribution in [2.75, 3.05) is 4.72 Å². The van der Waals surface area contributed by atoms with Gasteiger partial charge in [-0.05, 0) is 51.8 Å². The molecular formula is C13H10Br2ClNO3S. The van der Waals surface area contributed by atoms with Crippen LogP contribution in [-0.2, 0) is 16.6 Å². The largest absolute Gasteiger partial charge is 0.392 e.